The van der Waals surface area contributed by atoms with Gasteiger partial charge in [-0.1, -0.05) is 13.8 Å². The van der Waals surface area contributed by atoms with Crippen molar-refractivity contribution in [1.82, 2.24) is 4.90 Å². The van der Waals surface area contributed by atoms with Crippen LogP contribution in [0.2, 0.25) is 0 Å². The molecule has 2 unspecified atom stereocenters. The summed E-state index contributed by atoms with van der Waals surface area (Å²) >= 11 is 0. The monoisotopic (exact) mass is 198 g/mol. The van der Waals surface area contributed by atoms with Gasteiger partial charge in [0.25, 0.3) is 0 Å². The molecule has 1 heterocycles. The molecule has 0 bridgehead atoms. The van der Waals surface area contributed by atoms with E-state index in [0.717, 1.165) is 12.8 Å². The van der Waals surface area contributed by atoms with E-state index in [1.165, 1.54) is 0 Å². The van der Waals surface area contributed by atoms with E-state index in [1.54, 1.807) is 4.90 Å². The molecule has 0 aromatic heterocycles. The smallest absolute Gasteiger partial charge is 0.225 e. The zero-order chi connectivity index (χ0) is 10.7. The maximum atomic E-state index is 11.7. The van der Waals surface area contributed by atoms with Gasteiger partial charge in [-0.2, -0.15) is 0 Å². The third kappa shape index (κ3) is 2.25. The quantitative estimate of drug-likeness (QED) is 0.712. The molecule has 0 saturated carbocycles. The molecule has 4 heteroatoms. The SMILES string of the molecule is CCC(C)C(=O)N1CCC(C(N)=O)C1. The van der Waals surface area contributed by atoms with E-state index in [4.69, 9.17) is 5.73 Å². The summed E-state index contributed by atoms with van der Waals surface area (Å²) in [6, 6.07) is 0. The Bertz CT molecular complexity index is 240. The molecule has 1 aliphatic heterocycles. The average Bonchev–Trinajstić information content (AvgIpc) is 2.64. The van der Waals surface area contributed by atoms with E-state index < -0.39 is 0 Å². The van der Waals surface area contributed by atoms with E-state index >= 15 is 0 Å². The van der Waals surface area contributed by atoms with Crippen molar-refractivity contribution in [3.63, 3.8) is 0 Å². The molecule has 4 nitrogen and oxygen atoms in total. The van der Waals surface area contributed by atoms with Crippen LogP contribution in [0.25, 0.3) is 0 Å². The summed E-state index contributed by atoms with van der Waals surface area (Å²) in [6.07, 6.45) is 1.56. The summed E-state index contributed by atoms with van der Waals surface area (Å²) < 4.78 is 0. The number of amides is 2. The van der Waals surface area contributed by atoms with Crippen LogP contribution < -0.4 is 5.73 Å². The number of carbonyl (C=O) groups is 2. The normalized spacial score (nSPS) is 23.6. The number of likely N-dealkylation sites (tertiary alicyclic amines) is 1. The van der Waals surface area contributed by atoms with Crippen LogP contribution in [0.3, 0.4) is 0 Å². The summed E-state index contributed by atoms with van der Waals surface area (Å²) in [5, 5.41) is 0. The summed E-state index contributed by atoms with van der Waals surface area (Å²) in [6.45, 7) is 5.10. The topological polar surface area (TPSA) is 63.4 Å². The molecule has 1 aliphatic rings. The maximum absolute atomic E-state index is 11.7. The first kappa shape index (κ1) is 11.0. The lowest BCUT2D eigenvalue weighted by atomic mass is 10.1. The Balaban J connectivity index is 2.49. The molecule has 14 heavy (non-hydrogen) atoms. The Morgan fingerprint density at radius 2 is 2.21 bits per heavy atom. The molecular formula is C10H18N2O2. The van der Waals surface area contributed by atoms with Gasteiger partial charge in [-0.05, 0) is 12.8 Å². The van der Waals surface area contributed by atoms with Crippen LogP contribution >= 0.6 is 0 Å². The van der Waals surface area contributed by atoms with E-state index in [1.807, 2.05) is 13.8 Å². The average molecular weight is 198 g/mol. The molecule has 2 amide bonds. The summed E-state index contributed by atoms with van der Waals surface area (Å²) in [5.74, 6) is -0.217. The lowest BCUT2D eigenvalue weighted by Crippen LogP contribution is -2.34. The Morgan fingerprint density at radius 1 is 1.57 bits per heavy atom. The fraction of sp³-hybridized carbons (Fsp3) is 0.800. The Kier molecular flexibility index (Phi) is 3.49. The van der Waals surface area contributed by atoms with Gasteiger partial charge in [0.1, 0.15) is 0 Å². The zero-order valence-electron chi connectivity index (χ0n) is 8.82. The van der Waals surface area contributed by atoms with Gasteiger partial charge in [0, 0.05) is 19.0 Å². The highest BCUT2D eigenvalue weighted by atomic mass is 16.2. The van der Waals surface area contributed by atoms with E-state index in [0.29, 0.717) is 13.1 Å². The molecule has 2 N–H and O–H groups in total. The van der Waals surface area contributed by atoms with Crippen molar-refractivity contribution >= 4 is 11.8 Å². The number of hydrogen-bond acceptors (Lipinski definition) is 2. The molecular weight excluding hydrogens is 180 g/mol. The first-order valence-corrected chi connectivity index (χ1v) is 5.14. The van der Waals surface area contributed by atoms with Crippen molar-refractivity contribution in [1.29, 1.82) is 0 Å². The Morgan fingerprint density at radius 3 is 2.64 bits per heavy atom. The van der Waals surface area contributed by atoms with E-state index in [-0.39, 0.29) is 23.7 Å². The number of nitrogens with two attached hydrogens (primary N) is 1. The third-order valence-corrected chi connectivity index (χ3v) is 2.94. The van der Waals surface area contributed by atoms with Gasteiger partial charge >= 0.3 is 0 Å². The van der Waals surface area contributed by atoms with Gasteiger partial charge in [-0.25, -0.2) is 0 Å². The summed E-state index contributed by atoms with van der Waals surface area (Å²) in [4.78, 5) is 24.4. The molecule has 0 aliphatic carbocycles. The first-order valence-electron chi connectivity index (χ1n) is 5.14. The number of hydrogen-bond donors (Lipinski definition) is 1. The number of rotatable bonds is 3. The van der Waals surface area contributed by atoms with Crippen LogP contribution in [-0.2, 0) is 9.59 Å². The number of primary amides is 1. The van der Waals surface area contributed by atoms with Crippen LogP contribution in [-0.4, -0.2) is 29.8 Å². The van der Waals surface area contributed by atoms with E-state index in [9.17, 15) is 9.59 Å². The molecule has 1 rings (SSSR count). The maximum Gasteiger partial charge on any atom is 0.225 e. The van der Waals surface area contributed by atoms with Gasteiger partial charge in [-0.3, -0.25) is 9.59 Å². The van der Waals surface area contributed by atoms with Crippen LogP contribution in [0.4, 0.5) is 0 Å². The minimum atomic E-state index is -0.288. The molecule has 1 saturated heterocycles. The van der Waals surface area contributed by atoms with Crippen molar-refractivity contribution in [3.8, 4) is 0 Å². The highest BCUT2D eigenvalue weighted by Crippen LogP contribution is 2.18. The minimum Gasteiger partial charge on any atom is -0.369 e. The molecule has 0 aromatic carbocycles. The predicted molar refractivity (Wildman–Crippen MR) is 53.3 cm³/mol. The second-order valence-corrected chi connectivity index (χ2v) is 3.98. The predicted octanol–water partition coefficient (Wildman–Crippen LogP) is 0.366. The summed E-state index contributed by atoms with van der Waals surface area (Å²) in [5.41, 5.74) is 5.19. The van der Waals surface area contributed by atoms with Crippen molar-refractivity contribution in [2.75, 3.05) is 13.1 Å². The van der Waals surface area contributed by atoms with Gasteiger partial charge in [0.15, 0.2) is 0 Å². The number of nitrogens with zero attached hydrogens (tertiary/aromatic N) is 1. The van der Waals surface area contributed by atoms with Crippen molar-refractivity contribution in [2.45, 2.75) is 26.7 Å². The fourth-order valence-electron chi connectivity index (χ4n) is 1.68. The lowest BCUT2D eigenvalue weighted by molar-refractivity contribution is -0.134. The molecule has 80 valence electrons. The van der Waals surface area contributed by atoms with Gasteiger partial charge in [0.05, 0.1) is 5.92 Å². The third-order valence-electron chi connectivity index (χ3n) is 2.94. The van der Waals surface area contributed by atoms with Crippen LogP contribution in [0.1, 0.15) is 26.7 Å². The van der Waals surface area contributed by atoms with Crippen molar-refractivity contribution < 1.29 is 9.59 Å². The molecule has 0 spiro atoms. The van der Waals surface area contributed by atoms with Gasteiger partial charge in [-0.15, -0.1) is 0 Å². The minimum absolute atomic E-state index is 0.0571. The highest BCUT2D eigenvalue weighted by molar-refractivity contribution is 5.82. The molecule has 0 aromatic rings. The fourth-order valence-corrected chi connectivity index (χ4v) is 1.68. The van der Waals surface area contributed by atoms with Gasteiger partial charge in [0.2, 0.25) is 11.8 Å². The second-order valence-electron chi connectivity index (χ2n) is 3.98. The van der Waals surface area contributed by atoms with Crippen LogP contribution in [0.5, 0.6) is 0 Å². The van der Waals surface area contributed by atoms with Gasteiger partial charge < -0.3 is 10.6 Å². The van der Waals surface area contributed by atoms with Crippen molar-refractivity contribution in [3.05, 3.63) is 0 Å². The number of carbonyl (C=O) groups excluding carboxylic acids is 2. The highest BCUT2D eigenvalue weighted by Gasteiger charge is 2.30. The molecule has 2 atom stereocenters. The molecule has 0 radical (unpaired) electrons. The largest absolute Gasteiger partial charge is 0.369 e. The lowest BCUT2D eigenvalue weighted by Gasteiger charge is -2.19. The second kappa shape index (κ2) is 4.44. The van der Waals surface area contributed by atoms with Crippen LogP contribution in [0, 0.1) is 11.8 Å². The summed E-state index contributed by atoms with van der Waals surface area (Å²) in [7, 11) is 0. The Hall–Kier alpha value is -1.06. The first-order chi connectivity index (χ1) is 6.56. The zero-order valence-corrected chi connectivity index (χ0v) is 8.82. The standard InChI is InChI=1S/C10H18N2O2/c1-3-7(2)10(14)12-5-4-8(6-12)9(11)13/h7-8H,3-6H2,1-2H3,(H2,11,13). The van der Waals surface area contributed by atoms with Crippen molar-refractivity contribution in [2.24, 2.45) is 17.6 Å². The van der Waals surface area contributed by atoms with Crippen LogP contribution in [0.15, 0.2) is 0 Å². The van der Waals surface area contributed by atoms with E-state index in [2.05, 4.69) is 0 Å². The Labute approximate surface area is 84.4 Å². The molecule has 1 fully saturated rings.